The molecule has 1 amide bonds. The maximum absolute atomic E-state index is 12.9. The van der Waals surface area contributed by atoms with Crippen LogP contribution in [0.1, 0.15) is 32.1 Å². The molecule has 0 aromatic rings. The molecule has 0 unspecified atom stereocenters. The maximum atomic E-state index is 12.9. The van der Waals surface area contributed by atoms with E-state index in [0.29, 0.717) is 19.4 Å². The zero-order valence-electron chi connectivity index (χ0n) is 9.69. The fourth-order valence-electron chi connectivity index (χ4n) is 1.92. The largest absolute Gasteiger partial charge is 0.356 e. The Kier molecular flexibility index (Phi) is 5.12. The standard InChI is InChI=1S/C11H20F2N2O/c1-14-7-2-8-15-10(16)9-3-5-11(12,13)6-4-9/h9,14H,2-8H2,1H3,(H,15,16). The Morgan fingerprint density at radius 1 is 1.31 bits per heavy atom. The first-order valence-corrected chi connectivity index (χ1v) is 5.85. The van der Waals surface area contributed by atoms with Crippen molar-refractivity contribution < 1.29 is 13.6 Å². The van der Waals surface area contributed by atoms with E-state index in [1.165, 1.54) is 0 Å². The molecule has 0 aliphatic heterocycles. The third-order valence-corrected chi connectivity index (χ3v) is 2.99. The van der Waals surface area contributed by atoms with Gasteiger partial charge in [-0.1, -0.05) is 0 Å². The summed E-state index contributed by atoms with van der Waals surface area (Å²) in [5.74, 6) is -2.83. The van der Waals surface area contributed by atoms with Crippen molar-refractivity contribution in [3.8, 4) is 0 Å². The highest BCUT2D eigenvalue weighted by Crippen LogP contribution is 2.36. The maximum Gasteiger partial charge on any atom is 0.248 e. The predicted molar refractivity (Wildman–Crippen MR) is 58.5 cm³/mol. The Labute approximate surface area is 95.0 Å². The third-order valence-electron chi connectivity index (χ3n) is 2.99. The summed E-state index contributed by atoms with van der Waals surface area (Å²) in [5.41, 5.74) is 0. The number of amides is 1. The van der Waals surface area contributed by atoms with E-state index >= 15 is 0 Å². The minimum absolute atomic E-state index is 0.0633. The average Bonchev–Trinajstić information content (AvgIpc) is 2.24. The van der Waals surface area contributed by atoms with Crippen LogP contribution in [-0.4, -0.2) is 32.0 Å². The summed E-state index contributed by atoms with van der Waals surface area (Å²) in [5, 5.41) is 5.77. The van der Waals surface area contributed by atoms with Crippen LogP contribution in [0, 0.1) is 5.92 Å². The molecule has 0 atom stereocenters. The number of hydrogen-bond acceptors (Lipinski definition) is 2. The van der Waals surface area contributed by atoms with Gasteiger partial charge in [0.25, 0.3) is 0 Å². The third kappa shape index (κ3) is 4.43. The molecule has 94 valence electrons. The Morgan fingerprint density at radius 3 is 2.50 bits per heavy atom. The van der Waals surface area contributed by atoms with Crippen LogP contribution in [-0.2, 0) is 4.79 Å². The van der Waals surface area contributed by atoms with Gasteiger partial charge in [-0.05, 0) is 32.9 Å². The Balaban J connectivity index is 2.18. The van der Waals surface area contributed by atoms with Crippen molar-refractivity contribution in [3.63, 3.8) is 0 Å². The van der Waals surface area contributed by atoms with Gasteiger partial charge in [0.2, 0.25) is 11.8 Å². The van der Waals surface area contributed by atoms with Crippen molar-refractivity contribution >= 4 is 5.91 Å². The first-order valence-electron chi connectivity index (χ1n) is 5.85. The highest BCUT2D eigenvalue weighted by atomic mass is 19.3. The van der Waals surface area contributed by atoms with Crippen LogP contribution in [0.4, 0.5) is 8.78 Å². The lowest BCUT2D eigenvalue weighted by molar-refractivity contribution is -0.129. The van der Waals surface area contributed by atoms with Crippen LogP contribution in [0.5, 0.6) is 0 Å². The molecule has 16 heavy (non-hydrogen) atoms. The second kappa shape index (κ2) is 6.13. The molecule has 5 heteroatoms. The molecule has 1 fully saturated rings. The van der Waals surface area contributed by atoms with Gasteiger partial charge in [-0.15, -0.1) is 0 Å². The Hall–Kier alpha value is -0.710. The number of alkyl halides is 2. The van der Waals surface area contributed by atoms with Crippen LogP contribution in [0.15, 0.2) is 0 Å². The van der Waals surface area contributed by atoms with Gasteiger partial charge in [-0.2, -0.15) is 0 Å². The summed E-state index contributed by atoms with van der Waals surface area (Å²) in [6.07, 6.45) is 1.18. The molecule has 0 aromatic carbocycles. The summed E-state index contributed by atoms with van der Waals surface area (Å²) in [7, 11) is 1.85. The number of halogens is 2. The van der Waals surface area contributed by atoms with Crippen LogP contribution in [0.3, 0.4) is 0 Å². The second-order valence-electron chi connectivity index (χ2n) is 4.38. The molecule has 1 aliphatic carbocycles. The molecule has 0 aromatic heterocycles. The quantitative estimate of drug-likeness (QED) is 0.708. The summed E-state index contributed by atoms with van der Waals surface area (Å²) in [4.78, 5) is 11.6. The highest BCUT2D eigenvalue weighted by molar-refractivity contribution is 5.78. The SMILES string of the molecule is CNCCCNC(=O)C1CCC(F)(F)CC1. The van der Waals surface area contributed by atoms with Gasteiger partial charge in [0, 0.05) is 25.3 Å². The summed E-state index contributed by atoms with van der Waals surface area (Å²) < 4.78 is 25.7. The molecular formula is C11H20F2N2O. The van der Waals surface area contributed by atoms with Crippen LogP contribution in [0.2, 0.25) is 0 Å². The first kappa shape index (κ1) is 13.4. The van der Waals surface area contributed by atoms with Crippen molar-refractivity contribution in [1.29, 1.82) is 0 Å². The summed E-state index contributed by atoms with van der Waals surface area (Å²) >= 11 is 0. The Morgan fingerprint density at radius 2 is 1.94 bits per heavy atom. The van der Waals surface area contributed by atoms with Crippen molar-refractivity contribution in [2.75, 3.05) is 20.1 Å². The van der Waals surface area contributed by atoms with E-state index in [2.05, 4.69) is 10.6 Å². The zero-order valence-corrected chi connectivity index (χ0v) is 9.69. The number of hydrogen-bond donors (Lipinski definition) is 2. The zero-order chi connectivity index (χ0) is 12.0. The van der Waals surface area contributed by atoms with E-state index in [9.17, 15) is 13.6 Å². The van der Waals surface area contributed by atoms with E-state index < -0.39 is 5.92 Å². The topological polar surface area (TPSA) is 41.1 Å². The van der Waals surface area contributed by atoms with E-state index in [-0.39, 0.29) is 24.7 Å². The van der Waals surface area contributed by atoms with Gasteiger partial charge in [-0.3, -0.25) is 4.79 Å². The smallest absolute Gasteiger partial charge is 0.248 e. The second-order valence-corrected chi connectivity index (χ2v) is 4.38. The monoisotopic (exact) mass is 234 g/mol. The summed E-state index contributed by atoms with van der Waals surface area (Å²) in [6, 6.07) is 0. The number of carbonyl (C=O) groups excluding carboxylic acids is 1. The van der Waals surface area contributed by atoms with Crippen molar-refractivity contribution in [2.45, 2.75) is 38.0 Å². The highest BCUT2D eigenvalue weighted by Gasteiger charge is 2.37. The van der Waals surface area contributed by atoms with Crippen LogP contribution >= 0.6 is 0 Å². The van der Waals surface area contributed by atoms with Gasteiger partial charge < -0.3 is 10.6 Å². The van der Waals surface area contributed by atoms with Gasteiger partial charge in [0.05, 0.1) is 0 Å². The van der Waals surface area contributed by atoms with Crippen molar-refractivity contribution in [3.05, 3.63) is 0 Å². The first-order chi connectivity index (χ1) is 7.55. The molecular weight excluding hydrogens is 214 g/mol. The van der Waals surface area contributed by atoms with Gasteiger partial charge in [0.15, 0.2) is 0 Å². The molecule has 3 nitrogen and oxygen atoms in total. The lowest BCUT2D eigenvalue weighted by Crippen LogP contribution is -2.36. The number of rotatable bonds is 5. The van der Waals surface area contributed by atoms with E-state index in [4.69, 9.17) is 0 Å². The lowest BCUT2D eigenvalue weighted by Gasteiger charge is -2.27. The van der Waals surface area contributed by atoms with Gasteiger partial charge >= 0.3 is 0 Å². The van der Waals surface area contributed by atoms with Crippen LogP contribution in [0.25, 0.3) is 0 Å². The van der Waals surface area contributed by atoms with E-state index in [1.807, 2.05) is 7.05 Å². The molecule has 1 rings (SSSR count). The van der Waals surface area contributed by atoms with Crippen LogP contribution < -0.4 is 10.6 Å². The van der Waals surface area contributed by atoms with Crippen molar-refractivity contribution in [2.24, 2.45) is 5.92 Å². The lowest BCUT2D eigenvalue weighted by atomic mass is 9.86. The molecule has 0 saturated heterocycles. The average molecular weight is 234 g/mol. The van der Waals surface area contributed by atoms with E-state index in [0.717, 1.165) is 13.0 Å². The fraction of sp³-hybridized carbons (Fsp3) is 0.909. The van der Waals surface area contributed by atoms with Crippen molar-refractivity contribution in [1.82, 2.24) is 10.6 Å². The molecule has 0 spiro atoms. The van der Waals surface area contributed by atoms with Gasteiger partial charge in [0.1, 0.15) is 0 Å². The minimum Gasteiger partial charge on any atom is -0.356 e. The molecule has 0 heterocycles. The molecule has 1 aliphatic rings. The van der Waals surface area contributed by atoms with Gasteiger partial charge in [-0.25, -0.2) is 8.78 Å². The Bertz CT molecular complexity index is 224. The normalized spacial score (nSPS) is 20.7. The molecule has 1 saturated carbocycles. The number of nitrogens with one attached hydrogen (secondary N) is 2. The fourth-order valence-corrected chi connectivity index (χ4v) is 1.92. The molecule has 0 bridgehead atoms. The molecule has 2 N–H and O–H groups in total. The minimum atomic E-state index is -2.55. The predicted octanol–water partition coefficient (Wildman–Crippen LogP) is 1.54. The summed E-state index contributed by atoms with van der Waals surface area (Å²) in [6.45, 7) is 1.47. The van der Waals surface area contributed by atoms with E-state index in [1.54, 1.807) is 0 Å². The molecule has 0 radical (unpaired) electrons. The number of carbonyl (C=O) groups is 1.